The van der Waals surface area contributed by atoms with E-state index in [1.54, 1.807) is 15.9 Å². The third-order valence-corrected chi connectivity index (χ3v) is 7.13. The SMILES string of the molecule is CC[C@]1(C)Cc2c(sc3c2c(=O)n(Cc2ccccc2)c2n[nH]c(=S)n32)CO1. The Hall–Kier alpha value is -2.29. The quantitative estimate of drug-likeness (QED) is 0.516. The number of ether oxygens (including phenoxy) is 1. The zero-order valence-electron chi connectivity index (χ0n) is 15.7. The number of nitrogens with one attached hydrogen (secondary N) is 1. The molecule has 0 fully saturated rings. The topological polar surface area (TPSA) is 64.3 Å². The standard InChI is InChI=1S/C20H20N4O2S2/c1-3-20(2)9-13-14(11-26-20)28-17-15(13)16(25)23(10-12-7-5-4-6-8-12)18-21-22-19(27)24(17)18/h4-8H,3,9-11H2,1-2H3,(H,22,27)/t20-/m1/s1. The molecule has 0 spiro atoms. The molecule has 5 rings (SSSR count). The van der Waals surface area contributed by atoms with E-state index in [0.717, 1.165) is 39.1 Å². The zero-order valence-corrected chi connectivity index (χ0v) is 17.3. The predicted octanol–water partition coefficient (Wildman–Crippen LogP) is 4.06. The van der Waals surface area contributed by atoms with Gasteiger partial charge >= 0.3 is 0 Å². The van der Waals surface area contributed by atoms with Crippen LogP contribution in [0.4, 0.5) is 0 Å². The highest BCUT2D eigenvalue weighted by Crippen LogP contribution is 2.39. The maximum absolute atomic E-state index is 13.6. The second-order valence-corrected chi connectivity index (χ2v) is 8.96. The van der Waals surface area contributed by atoms with E-state index in [2.05, 4.69) is 24.0 Å². The number of nitrogens with zero attached hydrogens (tertiary/aromatic N) is 3. The molecule has 0 amide bonds. The lowest BCUT2D eigenvalue weighted by atomic mass is 9.90. The minimum atomic E-state index is -0.246. The maximum atomic E-state index is 13.6. The second-order valence-electron chi connectivity index (χ2n) is 7.49. The summed E-state index contributed by atoms with van der Waals surface area (Å²) in [5.41, 5.74) is 1.89. The van der Waals surface area contributed by atoms with Crippen molar-refractivity contribution in [3.63, 3.8) is 0 Å². The first-order valence-corrected chi connectivity index (χ1v) is 10.6. The van der Waals surface area contributed by atoms with Crippen molar-refractivity contribution >= 4 is 39.5 Å². The highest BCUT2D eigenvalue weighted by Gasteiger charge is 2.33. The molecule has 4 heterocycles. The van der Waals surface area contributed by atoms with E-state index >= 15 is 0 Å². The van der Waals surface area contributed by atoms with Gasteiger partial charge in [0.2, 0.25) is 10.5 Å². The van der Waals surface area contributed by atoms with Crippen molar-refractivity contribution in [2.24, 2.45) is 0 Å². The van der Waals surface area contributed by atoms with Crippen LogP contribution >= 0.6 is 23.6 Å². The van der Waals surface area contributed by atoms with E-state index in [1.165, 1.54) is 0 Å². The minimum absolute atomic E-state index is 0.0155. The van der Waals surface area contributed by atoms with Gasteiger partial charge in [-0.05, 0) is 36.7 Å². The number of H-pyrrole nitrogens is 1. The van der Waals surface area contributed by atoms with Gasteiger partial charge in [0.1, 0.15) is 4.83 Å². The summed E-state index contributed by atoms with van der Waals surface area (Å²) in [5.74, 6) is 0.545. The summed E-state index contributed by atoms with van der Waals surface area (Å²) >= 11 is 7.08. The van der Waals surface area contributed by atoms with Gasteiger partial charge in [0, 0.05) is 11.3 Å². The molecule has 0 saturated carbocycles. The molecule has 3 aromatic heterocycles. The van der Waals surface area contributed by atoms with Crippen LogP contribution in [0, 0.1) is 4.77 Å². The number of aromatic amines is 1. The van der Waals surface area contributed by atoms with Crippen LogP contribution in [-0.2, 0) is 24.3 Å². The van der Waals surface area contributed by atoms with E-state index in [1.807, 2.05) is 34.7 Å². The lowest BCUT2D eigenvalue weighted by molar-refractivity contribution is -0.0543. The van der Waals surface area contributed by atoms with Crippen LogP contribution in [-0.4, -0.2) is 24.8 Å². The van der Waals surface area contributed by atoms with Gasteiger partial charge in [-0.2, -0.15) is 0 Å². The first-order valence-electron chi connectivity index (χ1n) is 9.33. The molecule has 0 saturated heterocycles. The molecule has 1 aliphatic heterocycles. The van der Waals surface area contributed by atoms with Crippen LogP contribution in [0.5, 0.6) is 0 Å². The number of thiophene rings is 1. The van der Waals surface area contributed by atoms with Gasteiger partial charge in [-0.15, -0.1) is 16.4 Å². The molecule has 1 aliphatic rings. The molecule has 0 radical (unpaired) electrons. The summed E-state index contributed by atoms with van der Waals surface area (Å²) in [7, 11) is 0. The van der Waals surface area contributed by atoms with Crippen LogP contribution in [0.15, 0.2) is 35.1 Å². The molecule has 6 nitrogen and oxygen atoms in total. The normalized spacial score (nSPS) is 19.4. The monoisotopic (exact) mass is 412 g/mol. The molecule has 0 unspecified atom stereocenters. The molecule has 1 N–H and O–H groups in total. The van der Waals surface area contributed by atoms with Gasteiger partial charge in [0.05, 0.1) is 24.1 Å². The Morgan fingerprint density at radius 3 is 2.89 bits per heavy atom. The largest absolute Gasteiger partial charge is 0.369 e. The molecule has 1 atom stereocenters. The number of aromatic nitrogens is 4. The molecular formula is C20H20N4O2S2. The van der Waals surface area contributed by atoms with Gasteiger partial charge < -0.3 is 4.74 Å². The van der Waals surface area contributed by atoms with Gasteiger partial charge in [-0.3, -0.25) is 9.36 Å². The van der Waals surface area contributed by atoms with Gasteiger partial charge in [-0.1, -0.05) is 37.3 Å². The summed E-state index contributed by atoms with van der Waals surface area (Å²) in [6, 6.07) is 9.95. The average molecular weight is 413 g/mol. The third-order valence-electron chi connectivity index (χ3n) is 5.66. The molecule has 144 valence electrons. The predicted molar refractivity (Wildman–Crippen MR) is 113 cm³/mol. The first-order chi connectivity index (χ1) is 13.5. The van der Waals surface area contributed by atoms with Crippen molar-refractivity contribution in [2.45, 2.75) is 45.4 Å². The summed E-state index contributed by atoms with van der Waals surface area (Å²) in [6.07, 6.45) is 1.63. The molecule has 8 heteroatoms. The Labute approximate surface area is 170 Å². The fourth-order valence-corrected chi connectivity index (χ4v) is 5.36. The summed E-state index contributed by atoms with van der Waals surface area (Å²) in [6.45, 7) is 5.22. The van der Waals surface area contributed by atoms with Crippen LogP contribution in [0.3, 0.4) is 0 Å². The Morgan fingerprint density at radius 2 is 2.14 bits per heavy atom. The van der Waals surface area contributed by atoms with Gasteiger partial charge in [-0.25, -0.2) is 9.50 Å². The Morgan fingerprint density at radius 1 is 1.36 bits per heavy atom. The number of rotatable bonds is 3. The molecule has 28 heavy (non-hydrogen) atoms. The van der Waals surface area contributed by atoms with E-state index < -0.39 is 0 Å². The summed E-state index contributed by atoms with van der Waals surface area (Å²) < 4.78 is 10.2. The fourth-order valence-electron chi connectivity index (χ4n) is 3.86. The van der Waals surface area contributed by atoms with E-state index in [9.17, 15) is 4.79 Å². The number of fused-ring (bicyclic) bond motifs is 5. The van der Waals surface area contributed by atoms with E-state index in [0.29, 0.717) is 23.7 Å². The fraction of sp³-hybridized carbons (Fsp3) is 0.350. The lowest BCUT2D eigenvalue weighted by Crippen LogP contribution is -2.34. The van der Waals surface area contributed by atoms with Gasteiger partial charge in [0.25, 0.3) is 5.56 Å². The smallest absolute Gasteiger partial charge is 0.264 e. The van der Waals surface area contributed by atoms with Crippen molar-refractivity contribution in [1.29, 1.82) is 0 Å². The molecular weight excluding hydrogens is 392 g/mol. The Bertz CT molecular complexity index is 1320. The van der Waals surface area contributed by atoms with E-state index in [4.69, 9.17) is 17.0 Å². The van der Waals surface area contributed by atoms with Crippen LogP contribution < -0.4 is 5.56 Å². The number of benzene rings is 1. The van der Waals surface area contributed by atoms with Crippen molar-refractivity contribution in [1.82, 2.24) is 19.2 Å². The minimum Gasteiger partial charge on any atom is -0.369 e. The van der Waals surface area contributed by atoms with Crippen LogP contribution in [0.1, 0.15) is 36.3 Å². The second kappa shape index (κ2) is 6.37. The molecule has 1 aromatic carbocycles. The molecule has 4 aromatic rings. The lowest BCUT2D eigenvalue weighted by Gasteiger charge is -2.32. The van der Waals surface area contributed by atoms with Crippen molar-refractivity contribution in [3.05, 3.63) is 61.5 Å². The molecule has 0 aliphatic carbocycles. The highest BCUT2D eigenvalue weighted by atomic mass is 32.1. The Kier molecular flexibility index (Phi) is 4.04. The van der Waals surface area contributed by atoms with Crippen molar-refractivity contribution in [3.8, 4) is 0 Å². The van der Waals surface area contributed by atoms with E-state index in [-0.39, 0.29) is 11.2 Å². The third kappa shape index (κ3) is 2.59. The zero-order chi connectivity index (χ0) is 19.5. The Balaban J connectivity index is 1.83. The number of hydrogen-bond donors (Lipinski definition) is 1. The van der Waals surface area contributed by atoms with Crippen molar-refractivity contribution in [2.75, 3.05) is 0 Å². The van der Waals surface area contributed by atoms with Crippen LogP contribution in [0.25, 0.3) is 16.0 Å². The number of hydrogen-bond acceptors (Lipinski definition) is 5. The van der Waals surface area contributed by atoms with Crippen molar-refractivity contribution < 1.29 is 4.74 Å². The van der Waals surface area contributed by atoms with Gasteiger partial charge in [0.15, 0.2) is 0 Å². The molecule has 0 bridgehead atoms. The summed E-state index contributed by atoms with van der Waals surface area (Å²) in [4.78, 5) is 15.6. The maximum Gasteiger partial charge on any atom is 0.264 e. The van der Waals surface area contributed by atoms with Crippen LogP contribution in [0.2, 0.25) is 0 Å². The summed E-state index contributed by atoms with van der Waals surface area (Å²) in [5, 5.41) is 7.98. The average Bonchev–Trinajstić information content (AvgIpc) is 3.26. The first kappa shape index (κ1) is 17.8. The highest BCUT2D eigenvalue weighted by molar-refractivity contribution is 7.71.